The molecule has 1 fully saturated rings. The van der Waals surface area contributed by atoms with E-state index in [1.807, 2.05) is 31.2 Å². The normalized spacial score (nSPS) is 18.1. The molecule has 152 valence electrons. The number of nitrogens with zero attached hydrogens (tertiary/aromatic N) is 3. The maximum absolute atomic E-state index is 13.2. The van der Waals surface area contributed by atoms with Crippen molar-refractivity contribution < 1.29 is 14.7 Å². The van der Waals surface area contributed by atoms with E-state index in [0.717, 1.165) is 15.8 Å². The van der Waals surface area contributed by atoms with E-state index in [-0.39, 0.29) is 11.3 Å². The maximum atomic E-state index is 13.2. The van der Waals surface area contributed by atoms with Crippen molar-refractivity contribution in [2.75, 3.05) is 4.90 Å². The van der Waals surface area contributed by atoms with E-state index >= 15 is 0 Å². The van der Waals surface area contributed by atoms with Gasteiger partial charge in [0.05, 0.1) is 21.8 Å². The van der Waals surface area contributed by atoms with Gasteiger partial charge in [-0.15, -0.1) is 0 Å². The third kappa shape index (κ3) is 3.19. The van der Waals surface area contributed by atoms with Crippen LogP contribution in [0.15, 0.2) is 78.6 Å². The second kappa shape index (κ2) is 7.45. The van der Waals surface area contributed by atoms with Crippen molar-refractivity contribution in [1.29, 1.82) is 0 Å². The number of aryl methyl sites for hydroxylation is 1. The van der Waals surface area contributed by atoms with E-state index in [0.29, 0.717) is 16.3 Å². The van der Waals surface area contributed by atoms with Crippen molar-refractivity contribution in [1.82, 2.24) is 9.97 Å². The lowest BCUT2D eigenvalue weighted by Gasteiger charge is -2.22. The largest absolute Gasteiger partial charge is 0.507 e. The number of amides is 1. The molecule has 7 heteroatoms. The molecule has 1 amide bonds. The number of hydrogen-bond acceptors (Lipinski definition) is 6. The highest BCUT2D eigenvalue weighted by Gasteiger charge is 2.48. The molecule has 0 bridgehead atoms. The number of ketones is 1. The van der Waals surface area contributed by atoms with E-state index in [4.69, 9.17) is 0 Å². The molecule has 6 nitrogen and oxygen atoms in total. The molecule has 0 aliphatic carbocycles. The van der Waals surface area contributed by atoms with E-state index < -0.39 is 17.7 Å². The van der Waals surface area contributed by atoms with Crippen molar-refractivity contribution in [2.24, 2.45) is 0 Å². The van der Waals surface area contributed by atoms with Crippen molar-refractivity contribution in [2.45, 2.75) is 13.0 Å². The number of anilines is 1. The molecule has 0 spiro atoms. The van der Waals surface area contributed by atoms with Gasteiger partial charge in [0, 0.05) is 18.0 Å². The quantitative estimate of drug-likeness (QED) is 0.293. The molecule has 4 aromatic rings. The first-order valence-corrected chi connectivity index (χ1v) is 10.5. The molecule has 1 N–H and O–H groups in total. The summed E-state index contributed by atoms with van der Waals surface area (Å²) in [6, 6.07) is 17.3. The zero-order chi connectivity index (χ0) is 21.5. The Morgan fingerprint density at radius 2 is 1.87 bits per heavy atom. The molecular formula is C24H17N3O3S. The van der Waals surface area contributed by atoms with Gasteiger partial charge in [-0.25, -0.2) is 4.98 Å². The van der Waals surface area contributed by atoms with Crippen LogP contribution in [0.1, 0.15) is 22.7 Å². The number of thiazole rings is 1. The number of Topliss-reactive ketones (excluding diaryl/α,β-unsaturated/α-hetero) is 1. The highest BCUT2D eigenvalue weighted by atomic mass is 32.1. The van der Waals surface area contributed by atoms with Crippen LogP contribution in [0.3, 0.4) is 0 Å². The van der Waals surface area contributed by atoms with E-state index in [9.17, 15) is 14.7 Å². The standard InChI is InChI=1S/C24H17N3O3S/c1-14-9-10-17-18(12-14)31-24(26-17)27-20(16-8-5-11-25-13-16)19(22(29)23(27)30)21(28)15-6-3-2-4-7-15/h2-13,20,28H,1H3. The number of hydrogen-bond donors (Lipinski definition) is 1. The van der Waals surface area contributed by atoms with Gasteiger partial charge >= 0.3 is 5.91 Å². The van der Waals surface area contributed by atoms with Crippen molar-refractivity contribution in [3.63, 3.8) is 0 Å². The van der Waals surface area contributed by atoms with Crippen LogP contribution in [0, 0.1) is 6.92 Å². The van der Waals surface area contributed by atoms with Gasteiger partial charge in [0.15, 0.2) is 5.13 Å². The van der Waals surface area contributed by atoms with Crippen LogP contribution in [-0.2, 0) is 9.59 Å². The summed E-state index contributed by atoms with van der Waals surface area (Å²) in [5.41, 5.74) is 2.95. The van der Waals surface area contributed by atoms with Crippen molar-refractivity contribution in [3.05, 3.63) is 95.3 Å². The zero-order valence-electron chi connectivity index (χ0n) is 16.5. The third-order valence-electron chi connectivity index (χ3n) is 5.23. The molecule has 1 saturated heterocycles. The Bertz CT molecular complexity index is 1350. The summed E-state index contributed by atoms with van der Waals surface area (Å²) in [7, 11) is 0. The maximum Gasteiger partial charge on any atom is 0.301 e. The van der Waals surface area contributed by atoms with Crippen LogP contribution in [0.5, 0.6) is 0 Å². The summed E-state index contributed by atoms with van der Waals surface area (Å²) >= 11 is 1.34. The van der Waals surface area contributed by atoms with Gasteiger partial charge in [-0.3, -0.25) is 19.5 Å². The number of fused-ring (bicyclic) bond motifs is 1. The molecule has 0 radical (unpaired) electrons. The Hall–Kier alpha value is -3.84. The number of aliphatic hydroxyl groups excluding tert-OH is 1. The van der Waals surface area contributed by atoms with Crippen LogP contribution in [0.4, 0.5) is 5.13 Å². The number of carbonyl (C=O) groups is 2. The summed E-state index contributed by atoms with van der Waals surface area (Å²) in [6.07, 6.45) is 3.21. The first-order valence-electron chi connectivity index (χ1n) is 9.68. The molecular weight excluding hydrogens is 410 g/mol. The number of carbonyl (C=O) groups excluding carboxylic acids is 2. The van der Waals surface area contributed by atoms with Gasteiger partial charge in [-0.2, -0.15) is 0 Å². The highest BCUT2D eigenvalue weighted by molar-refractivity contribution is 7.22. The first kappa shape index (κ1) is 19.1. The van der Waals surface area contributed by atoms with Crippen LogP contribution in [0.2, 0.25) is 0 Å². The average Bonchev–Trinajstić information content (AvgIpc) is 3.32. The molecule has 1 aliphatic rings. The number of pyridine rings is 1. The van der Waals surface area contributed by atoms with Crippen LogP contribution >= 0.6 is 11.3 Å². The van der Waals surface area contributed by atoms with Crippen LogP contribution < -0.4 is 4.90 Å². The van der Waals surface area contributed by atoms with E-state index in [1.54, 1.807) is 48.8 Å². The molecule has 1 atom stereocenters. The molecule has 5 rings (SSSR count). The monoisotopic (exact) mass is 427 g/mol. The molecule has 1 unspecified atom stereocenters. The van der Waals surface area contributed by atoms with Gasteiger partial charge in [0.25, 0.3) is 5.78 Å². The predicted molar refractivity (Wildman–Crippen MR) is 120 cm³/mol. The van der Waals surface area contributed by atoms with Gasteiger partial charge in [0.1, 0.15) is 5.76 Å². The molecule has 0 saturated carbocycles. The topological polar surface area (TPSA) is 83.4 Å². The van der Waals surface area contributed by atoms with Gasteiger partial charge in [0.2, 0.25) is 0 Å². The molecule has 1 aliphatic heterocycles. The van der Waals surface area contributed by atoms with Crippen LogP contribution in [-0.4, -0.2) is 26.8 Å². The smallest absolute Gasteiger partial charge is 0.301 e. The molecule has 31 heavy (non-hydrogen) atoms. The van der Waals surface area contributed by atoms with Gasteiger partial charge in [-0.1, -0.05) is 53.8 Å². The highest BCUT2D eigenvalue weighted by Crippen LogP contribution is 2.44. The SMILES string of the molecule is Cc1ccc2nc(N3C(=O)C(=O)C(=C(O)c4ccccc4)C3c3cccnc3)sc2c1. The third-order valence-corrected chi connectivity index (χ3v) is 6.25. The van der Waals surface area contributed by atoms with Gasteiger partial charge in [-0.05, 0) is 36.2 Å². The Morgan fingerprint density at radius 1 is 1.06 bits per heavy atom. The summed E-state index contributed by atoms with van der Waals surface area (Å²) in [5, 5.41) is 11.4. The Kier molecular flexibility index (Phi) is 4.60. The second-order valence-corrected chi connectivity index (χ2v) is 8.30. The molecule has 2 aromatic heterocycles. The van der Waals surface area contributed by atoms with E-state index in [2.05, 4.69) is 9.97 Å². The lowest BCUT2D eigenvalue weighted by molar-refractivity contribution is -0.132. The molecule has 2 aromatic carbocycles. The number of benzene rings is 2. The van der Waals surface area contributed by atoms with E-state index in [1.165, 1.54) is 16.2 Å². The minimum absolute atomic E-state index is 0.0274. The fourth-order valence-electron chi connectivity index (χ4n) is 3.76. The second-order valence-electron chi connectivity index (χ2n) is 7.29. The Balaban J connectivity index is 1.73. The average molecular weight is 427 g/mol. The Labute approximate surface area is 182 Å². The fraction of sp³-hybridized carbons (Fsp3) is 0.0833. The fourth-order valence-corrected chi connectivity index (χ4v) is 4.85. The minimum atomic E-state index is -0.824. The number of rotatable bonds is 3. The number of aromatic nitrogens is 2. The van der Waals surface area contributed by atoms with Crippen molar-refractivity contribution in [3.8, 4) is 0 Å². The summed E-state index contributed by atoms with van der Waals surface area (Å²) in [4.78, 5) is 36.4. The zero-order valence-corrected chi connectivity index (χ0v) is 17.3. The lowest BCUT2D eigenvalue weighted by Crippen LogP contribution is -2.29. The van der Waals surface area contributed by atoms with Crippen LogP contribution in [0.25, 0.3) is 16.0 Å². The summed E-state index contributed by atoms with van der Waals surface area (Å²) < 4.78 is 0.921. The van der Waals surface area contributed by atoms with Gasteiger partial charge < -0.3 is 5.11 Å². The summed E-state index contributed by atoms with van der Waals surface area (Å²) in [5.74, 6) is -1.68. The predicted octanol–water partition coefficient (Wildman–Crippen LogP) is 4.63. The number of aliphatic hydroxyl groups is 1. The lowest BCUT2D eigenvalue weighted by atomic mass is 9.96. The summed E-state index contributed by atoms with van der Waals surface area (Å²) in [6.45, 7) is 1.99. The first-order chi connectivity index (χ1) is 15.0. The van der Waals surface area contributed by atoms with Crippen molar-refractivity contribution >= 4 is 44.1 Å². The Morgan fingerprint density at radius 3 is 2.61 bits per heavy atom. The molecule has 3 heterocycles. The minimum Gasteiger partial charge on any atom is -0.507 e.